The number of para-hydroxylation sites is 1. The van der Waals surface area contributed by atoms with Gasteiger partial charge in [-0.3, -0.25) is 9.52 Å². The molecule has 0 aliphatic rings. The van der Waals surface area contributed by atoms with E-state index in [1.807, 2.05) is 0 Å². The molecular weight excluding hydrogens is 457 g/mol. The van der Waals surface area contributed by atoms with Crippen LogP contribution in [0.25, 0.3) is 0 Å². The monoisotopic (exact) mass is 472 g/mol. The lowest BCUT2D eigenvalue weighted by Crippen LogP contribution is -2.18. The van der Waals surface area contributed by atoms with E-state index in [1.165, 1.54) is 24.3 Å². The van der Waals surface area contributed by atoms with Crippen molar-refractivity contribution in [2.75, 3.05) is 15.8 Å². The van der Waals surface area contributed by atoms with Crippen molar-refractivity contribution in [1.29, 1.82) is 0 Å². The summed E-state index contributed by atoms with van der Waals surface area (Å²) in [5.41, 5.74) is -0.851. The van der Waals surface area contributed by atoms with Crippen LogP contribution in [-0.4, -0.2) is 20.1 Å². The molecule has 1 amide bonds. The van der Waals surface area contributed by atoms with Crippen LogP contribution >= 0.6 is 23.1 Å². The van der Waals surface area contributed by atoms with Crippen LogP contribution in [0.5, 0.6) is 0 Å². The smallest absolute Gasteiger partial charge is 0.325 e. The van der Waals surface area contributed by atoms with Crippen molar-refractivity contribution in [2.45, 2.75) is 15.3 Å². The quantitative estimate of drug-likeness (QED) is 0.458. The summed E-state index contributed by atoms with van der Waals surface area (Å²) in [6.45, 7) is 0. The first kappa shape index (κ1) is 22.2. The summed E-state index contributed by atoms with van der Waals surface area (Å²) in [4.78, 5) is 12.7. The number of sulfonamides is 1. The molecule has 0 bridgehead atoms. The van der Waals surface area contributed by atoms with Gasteiger partial charge in [-0.2, -0.15) is 13.2 Å². The molecule has 30 heavy (non-hydrogen) atoms. The zero-order chi connectivity index (χ0) is 21.8. The van der Waals surface area contributed by atoms with E-state index in [4.69, 9.17) is 0 Å². The Bertz CT molecular complexity index is 1110. The van der Waals surface area contributed by atoms with Crippen molar-refractivity contribution in [3.8, 4) is 0 Å². The van der Waals surface area contributed by atoms with Crippen LogP contribution in [0.15, 0.2) is 75.1 Å². The van der Waals surface area contributed by atoms with Crippen LogP contribution in [0.3, 0.4) is 0 Å². The van der Waals surface area contributed by atoms with Gasteiger partial charge in [0.2, 0.25) is 5.91 Å². The molecule has 1 aromatic heterocycles. The Hall–Kier alpha value is -2.50. The molecule has 0 aliphatic heterocycles. The number of carbonyl (C=O) groups is 1. The van der Waals surface area contributed by atoms with E-state index in [1.54, 1.807) is 35.7 Å². The predicted molar refractivity (Wildman–Crippen MR) is 112 cm³/mol. The van der Waals surface area contributed by atoms with Gasteiger partial charge >= 0.3 is 6.18 Å². The summed E-state index contributed by atoms with van der Waals surface area (Å²) < 4.78 is 66.0. The Kier molecular flexibility index (Phi) is 6.74. The molecule has 0 radical (unpaired) electrons. The van der Waals surface area contributed by atoms with Crippen molar-refractivity contribution in [3.05, 3.63) is 71.6 Å². The van der Waals surface area contributed by atoms with Gasteiger partial charge in [0.05, 0.1) is 17.0 Å². The maximum Gasteiger partial charge on any atom is 0.418 e. The fraction of sp³-hybridized carbons (Fsp3) is 0.105. The first-order chi connectivity index (χ1) is 14.1. The van der Waals surface area contributed by atoms with Gasteiger partial charge in [-0.1, -0.05) is 18.2 Å². The first-order valence-corrected chi connectivity index (χ1v) is 11.8. The number of thioether (sulfide) groups is 1. The van der Waals surface area contributed by atoms with Crippen molar-refractivity contribution >= 4 is 50.4 Å². The number of benzene rings is 2. The summed E-state index contributed by atoms with van der Waals surface area (Å²) in [6, 6.07) is 14.2. The van der Waals surface area contributed by atoms with Gasteiger partial charge in [0, 0.05) is 10.6 Å². The molecule has 0 atom stereocenters. The second-order valence-electron chi connectivity index (χ2n) is 5.94. The van der Waals surface area contributed by atoms with E-state index in [0.717, 1.165) is 29.2 Å². The van der Waals surface area contributed by atoms with Gasteiger partial charge in [-0.05, 0) is 47.8 Å². The van der Waals surface area contributed by atoms with E-state index >= 15 is 0 Å². The highest BCUT2D eigenvalue weighted by Crippen LogP contribution is 2.34. The minimum atomic E-state index is -4.57. The van der Waals surface area contributed by atoms with Crippen molar-refractivity contribution in [3.63, 3.8) is 0 Å². The molecule has 0 unspecified atom stereocenters. The van der Waals surface area contributed by atoms with Crippen LogP contribution in [0.1, 0.15) is 5.56 Å². The zero-order valence-electron chi connectivity index (χ0n) is 15.1. The number of alkyl halides is 3. The SMILES string of the molecule is O=C(CSc1ccc(NS(=O)(=O)c2cccs2)cc1)Nc1ccccc1C(F)(F)F. The molecule has 0 aliphatic carbocycles. The molecule has 0 saturated carbocycles. The first-order valence-electron chi connectivity index (χ1n) is 8.40. The van der Waals surface area contributed by atoms with Gasteiger partial charge in [-0.25, -0.2) is 8.42 Å². The highest BCUT2D eigenvalue weighted by molar-refractivity contribution is 8.00. The lowest BCUT2D eigenvalue weighted by Gasteiger charge is -2.13. The van der Waals surface area contributed by atoms with Crippen LogP contribution in [0, 0.1) is 0 Å². The van der Waals surface area contributed by atoms with Crippen LogP contribution < -0.4 is 10.0 Å². The summed E-state index contributed by atoms with van der Waals surface area (Å²) >= 11 is 2.21. The third kappa shape index (κ3) is 5.77. The largest absolute Gasteiger partial charge is 0.418 e. The molecule has 11 heteroatoms. The number of anilines is 2. The zero-order valence-corrected chi connectivity index (χ0v) is 17.6. The number of rotatable bonds is 7. The summed E-state index contributed by atoms with van der Waals surface area (Å²) in [7, 11) is -3.65. The number of amides is 1. The minimum Gasteiger partial charge on any atom is -0.325 e. The Morgan fingerprint density at radius 1 is 1.00 bits per heavy atom. The third-order valence-electron chi connectivity index (χ3n) is 3.74. The molecule has 158 valence electrons. The van der Waals surface area contributed by atoms with Crippen molar-refractivity contribution in [1.82, 2.24) is 0 Å². The molecule has 0 fully saturated rings. The average molecular weight is 473 g/mol. The lowest BCUT2D eigenvalue weighted by molar-refractivity contribution is -0.137. The van der Waals surface area contributed by atoms with E-state index < -0.39 is 27.7 Å². The second kappa shape index (κ2) is 9.11. The van der Waals surface area contributed by atoms with Gasteiger partial charge in [-0.15, -0.1) is 23.1 Å². The van der Waals surface area contributed by atoms with Gasteiger partial charge in [0.25, 0.3) is 10.0 Å². The van der Waals surface area contributed by atoms with E-state index in [2.05, 4.69) is 10.0 Å². The summed E-state index contributed by atoms with van der Waals surface area (Å²) in [5.74, 6) is -0.689. The van der Waals surface area contributed by atoms with E-state index in [9.17, 15) is 26.4 Å². The minimum absolute atomic E-state index is 0.105. The summed E-state index contributed by atoms with van der Waals surface area (Å²) in [5, 5.41) is 3.93. The molecular formula is C19H15F3N2O3S3. The van der Waals surface area contributed by atoms with E-state index in [-0.39, 0.29) is 15.6 Å². The number of hydrogen-bond acceptors (Lipinski definition) is 5. The molecule has 2 N–H and O–H groups in total. The molecule has 5 nitrogen and oxygen atoms in total. The van der Waals surface area contributed by atoms with Crippen LogP contribution in [0.2, 0.25) is 0 Å². The predicted octanol–water partition coefficient (Wildman–Crippen LogP) is 5.30. The molecule has 2 aromatic carbocycles. The molecule has 3 aromatic rings. The van der Waals surface area contributed by atoms with Gasteiger partial charge in [0.15, 0.2) is 0 Å². The Morgan fingerprint density at radius 2 is 1.70 bits per heavy atom. The topological polar surface area (TPSA) is 75.3 Å². The number of nitrogens with one attached hydrogen (secondary N) is 2. The number of carbonyl (C=O) groups excluding carboxylic acids is 1. The Balaban J connectivity index is 1.57. The lowest BCUT2D eigenvalue weighted by atomic mass is 10.1. The number of hydrogen-bond donors (Lipinski definition) is 2. The van der Waals surface area contributed by atoms with Gasteiger partial charge in [0.1, 0.15) is 4.21 Å². The van der Waals surface area contributed by atoms with E-state index in [0.29, 0.717) is 10.6 Å². The molecule has 0 saturated heterocycles. The highest BCUT2D eigenvalue weighted by atomic mass is 32.2. The molecule has 1 heterocycles. The normalized spacial score (nSPS) is 11.8. The third-order valence-corrected chi connectivity index (χ3v) is 7.53. The second-order valence-corrected chi connectivity index (χ2v) is 9.85. The highest BCUT2D eigenvalue weighted by Gasteiger charge is 2.33. The Labute approximate surface area is 179 Å². The standard InChI is InChI=1S/C19H15F3N2O3S3/c20-19(21,22)15-4-1-2-5-16(15)23-17(25)12-29-14-9-7-13(8-10-14)24-30(26,27)18-6-3-11-28-18/h1-11,24H,12H2,(H,23,25). The number of thiophene rings is 1. The fourth-order valence-electron chi connectivity index (χ4n) is 2.42. The van der Waals surface area contributed by atoms with Crippen molar-refractivity contribution < 1.29 is 26.4 Å². The Morgan fingerprint density at radius 3 is 2.33 bits per heavy atom. The molecule has 3 rings (SSSR count). The van der Waals surface area contributed by atoms with Crippen LogP contribution in [-0.2, 0) is 21.0 Å². The van der Waals surface area contributed by atoms with Gasteiger partial charge < -0.3 is 5.32 Å². The van der Waals surface area contributed by atoms with Crippen molar-refractivity contribution in [2.24, 2.45) is 0 Å². The average Bonchev–Trinajstić information content (AvgIpc) is 3.23. The summed E-state index contributed by atoms with van der Waals surface area (Å²) in [6.07, 6.45) is -4.57. The molecule has 0 spiro atoms. The fourth-order valence-corrected chi connectivity index (χ4v) is 5.17. The maximum absolute atomic E-state index is 13.0. The number of halogens is 3. The van der Waals surface area contributed by atoms with Crippen LogP contribution in [0.4, 0.5) is 24.5 Å². The maximum atomic E-state index is 13.0.